The highest BCUT2D eigenvalue weighted by molar-refractivity contribution is 5.35. The molecule has 1 aromatic carbocycles. The van der Waals surface area contributed by atoms with Crippen molar-refractivity contribution in [3.8, 4) is 0 Å². The third-order valence-corrected chi connectivity index (χ3v) is 5.76. The van der Waals surface area contributed by atoms with Gasteiger partial charge < -0.3 is 5.11 Å². The molecule has 4 unspecified atom stereocenters. The summed E-state index contributed by atoms with van der Waals surface area (Å²) in [7, 11) is 0. The molecule has 2 aliphatic carbocycles. The SMILES string of the molecule is CC1CCC(C2(O)CCCc3ccccc32)CC1C. The van der Waals surface area contributed by atoms with E-state index in [1.165, 1.54) is 30.4 Å². The maximum Gasteiger partial charge on any atom is 0.0927 e. The van der Waals surface area contributed by atoms with Crippen molar-refractivity contribution in [2.45, 2.75) is 58.0 Å². The van der Waals surface area contributed by atoms with Crippen molar-refractivity contribution in [3.63, 3.8) is 0 Å². The van der Waals surface area contributed by atoms with Crippen LogP contribution in [0.2, 0.25) is 0 Å². The molecule has 1 heteroatoms. The van der Waals surface area contributed by atoms with E-state index in [4.69, 9.17) is 0 Å². The van der Waals surface area contributed by atoms with E-state index >= 15 is 0 Å². The molecule has 0 aromatic heterocycles. The molecule has 0 aliphatic heterocycles. The minimum Gasteiger partial charge on any atom is -0.385 e. The van der Waals surface area contributed by atoms with E-state index in [0.717, 1.165) is 31.1 Å². The molecular formula is C18H26O. The van der Waals surface area contributed by atoms with Crippen molar-refractivity contribution in [3.05, 3.63) is 35.4 Å². The Bertz CT molecular complexity index is 453. The highest BCUT2D eigenvalue weighted by atomic mass is 16.3. The van der Waals surface area contributed by atoms with Crippen molar-refractivity contribution >= 4 is 0 Å². The largest absolute Gasteiger partial charge is 0.385 e. The maximum atomic E-state index is 11.4. The second-order valence-corrected chi connectivity index (χ2v) is 6.90. The van der Waals surface area contributed by atoms with Crippen molar-refractivity contribution in [1.29, 1.82) is 0 Å². The van der Waals surface area contributed by atoms with Gasteiger partial charge in [-0.15, -0.1) is 0 Å². The molecule has 1 N–H and O–H groups in total. The van der Waals surface area contributed by atoms with E-state index in [2.05, 4.69) is 38.1 Å². The number of rotatable bonds is 1. The van der Waals surface area contributed by atoms with Crippen LogP contribution in [0.5, 0.6) is 0 Å². The van der Waals surface area contributed by atoms with Crippen LogP contribution in [0, 0.1) is 17.8 Å². The molecule has 3 rings (SSSR count). The van der Waals surface area contributed by atoms with E-state index in [1.54, 1.807) is 0 Å². The average molecular weight is 258 g/mol. The van der Waals surface area contributed by atoms with Crippen LogP contribution in [0.25, 0.3) is 0 Å². The monoisotopic (exact) mass is 258 g/mol. The summed E-state index contributed by atoms with van der Waals surface area (Å²) in [4.78, 5) is 0. The van der Waals surface area contributed by atoms with Gasteiger partial charge in [-0.1, -0.05) is 44.5 Å². The molecule has 1 nitrogen and oxygen atoms in total. The van der Waals surface area contributed by atoms with E-state index in [1.807, 2.05) is 0 Å². The molecule has 1 fully saturated rings. The number of fused-ring (bicyclic) bond motifs is 1. The first-order valence-electron chi connectivity index (χ1n) is 7.92. The van der Waals surface area contributed by atoms with Crippen LogP contribution in [0.3, 0.4) is 0 Å². The fourth-order valence-electron chi connectivity index (χ4n) is 4.25. The molecule has 0 spiro atoms. The number of benzene rings is 1. The van der Waals surface area contributed by atoms with Gasteiger partial charge >= 0.3 is 0 Å². The Morgan fingerprint density at radius 3 is 2.68 bits per heavy atom. The minimum absolute atomic E-state index is 0.458. The zero-order valence-electron chi connectivity index (χ0n) is 12.2. The first-order chi connectivity index (χ1) is 9.11. The van der Waals surface area contributed by atoms with Gasteiger partial charge in [0.2, 0.25) is 0 Å². The van der Waals surface area contributed by atoms with Crippen LogP contribution in [0.1, 0.15) is 57.1 Å². The molecule has 19 heavy (non-hydrogen) atoms. The number of hydrogen-bond acceptors (Lipinski definition) is 1. The highest BCUT2D eigenvalue weighted by Crippen LogP contribution is 2.48. The summed E-state index contributed by atoms with van der Waals surface area (Å²) >= 11 is 0. The lowest BCUT2D eigenvalue weighted by Gasteiger charge is -2.45. The van der Waals surface area contributed by atoms with Gasteiger partial charge in [0.05, 0.1) is 5.60 Å². The minimum atomic E-state index is -0.552. The van der Waals surface area contributed by atoms with E-state index in [-0.39, 0.29) is 0 Å². The smallest absolute Gasteiger partial charge is 0.0927 e. The van der Waals surface area contributed by atoms with Gasteiger partial charge in [0.25, 0.3) is 0 Å². The lowest BCUT2D eigenvalue weighted by atomic mass is 9.63. The zero-order chi connectivity index (χ0) is 13.5. The summed E-state index contributed by atoms with van der Waals surface area (Å²) in [5.41, 5.74) is 2.05. The topological polar surface area (TPSA) is 20.2 Å². The van der Waals surface area contributed by atoms with Crippen LogP contribution < -0.4 is 0 Å². The quantitative estimate of drug-likeness (QED) is 0.797. The Labute approximate surface area is 117 Å². The summed E-state index contributed by atoms with van der Waals surface area (Å²) < 4.78 is 0. The Hall–Kier alpha value is -0.820. The first kappa shape index (κ1) is 13.2. The second kappa shape index (κ2) is 4.94. The Balaban J connectivity index is 1.92. The highest BCUT2D eigenvalue weighted by Gasteiger charge is 2.43. The molecule has 2 aliphatic rings. The van der Waals surface area contributed by atoms with Crippen molar-refractivity contribution < 1.29 is 5.11 Å². The fraction of sp³-hybridized carbons (Fsp3) is 0.667. The lowest BCUT2D eigenvalue weighted by molar-refractivity contribution is -0.0654. The van der Waals surface area contributed by atoms with Gasteiger partial charge in [-0.2, -0.15) is 0 Å². The second-order valence-electron chi connectivity index (χ2n) is 6.90. The molecule has 0 bridgehead atoms. The Morgan fingerprint density at radius 2 is 1.89 bits per heavy atom. The van der Waals surface area contributed by atoms with Crippen molar-refractivity contribution in [1.82, 2.24) is 0 Å². The summed E-state index contributed by atoms with van der Waals surface area (Å²) in [6.07, 6.45) is 6.87. The van der Waals surface area contributed by atoms with E-state index in [9.17, 15) is 5.11 Å². The third-order valence-electron chi connectivity index (χ3n) is 5.76. The van der Waals surface area contributed by atoms with Crippen molar-refractivity contribution in [2.75, 3.05) is 0 Å². The standard InChI is InChI=1S/C18H26O/c1-13-9-10-16(12-14(13)2)18(19)11-5-7-15-6-3-4-8-17(15)18/h3-4,6,8,13-14,16,19H,5,7,9-12H2,1-2H3. The molecule has 0 heterocycles. The van der Waals surface area contributed by atoms with Gasteiger partial charge in [0, 0.05) is 0 Å². The van der Waals surface area contributed by atoms with Crippen molar-refractivity contribution in [2.24, 2.45) is 17.8 Å². The van der Waals surface area contributed by atoms with Crippen LogP contribution in [-0.2, 0) is 12.0 Å². The first-order valence-corrected chi connectivity index (χ1v) is 7.92. The van der Waals surface area contributed by atoms with Gasteiger partial charge in [0.1, 0.15) is 0 Å². The molecule has 4 atom stereocenters. The number of hydrogen-bond donors (Lipinski definition) is 1. The third kappa shape index (κ3) is 2.23. The van der Waals surface area contributed by atoms with Crippen LogP contribution in [0.4, 0.5) is 0 Å². The van der Waals surface area contributed by atoms with Gasteiger partial charge in [-0.05, 0) is 61.0 Å². The lowest BCUT2D eigenvalue weighted by Crippen LogP contribution is -2.41. The maximum absolute atomic E-state index is 11.4. The molecule has 0 amide bonds. The normalized spacial score (nSPS) is 38.8. The average Bonchev–Trinajstić information content (AvgIpc) is 2.42. The van der Waals surface area contributed by atoms with E-state index in [0.29, 0.717) is 5.92 Å². The molecule has 104 valence electrons. The summed E-state index contributed by atoms with van der Waals surface area (Å²) in [6.45, 7) is 4.72. The van der Waals surface area contributed by atoms with Crippen LogP contribution in [0.15, 0.2) is 24.3 Å². The molecule has 0 radical (unpaired) electrons. The van der Waals surface area contributed by atoms with E-state index < -0.39 is 5.60 Å². The summed E-state index contributed by atoms with van der Waals surface area (Å²) in [5, 5.41) is 11.4. The molecule has 0 saturated heterocycles. The summed E-state index contributed by atoms with van der Waals surface area (Å²) in [6, 6.07) is 8.56. The predicted octanol–water partition coefficient (Wildman–Crippen LogP) is 4.28. The van der Waals surface area contributed by atoms with Crippen LogP contribution in [-0.4, -0.2) is 5.11 Å². The van der Waals surface area contributed by atoms with Gasteiger partial charge in [-0.3, -0.25) is 0 Å². The Kier molecular flexibility index (Phi) is 3.42. The van der Waals surface area contributed by atoms with Gasteiger partial charge in [0.15, 0.2) is 0 Å². The predicted molar refractivity (Wildman–Crippen MR) is 78.9 cm³/mol. The Morgan fingerprint density at radius 1 is 1.11 bits per heavy atom. The molecule has 1 saturated carbocycles. The van der Waals surface area contributed by atoms with Crippen LogP contribution >= 0.6 is 0 Å². The zero-order valence-corrected chi connectivity index (χ0v) is 12.2. The fourth-order valence-corrected chi connectivity index (χ4v) is 4.25. The summed E-state index contributed by atoms with van der Waals surface area (Å²) in [5.74, 6) is 2.02. The van der Waals surface area contributed by atoms with Gasteiger partial charge in [-0.25, -0.2) is 0 Å². The molecular weight excluding hydrogens is 232 g/mol. The number of aliphatic hydroxyl groups is 1. The molecule has 1 aromatic rings. The number of aryl methyl sites for hydroxylation is 1.